The van der Waals surface area contributed by atoms with Gasteiger partial charge in [0.25, 0.3) is 0 Å². The highest BCUT2D eigenvalue weighted by molar-refractivity contribution is 7.19. The second-order valence-corrected chi connectivity index (χ2v) is 16.8. The van der Waals surface area contributed by atoms with E-state index in [0.29, 0.717) is 17.4 Å². The lowest BCUT2D eigenvalue weighted by Crippen LogP contribution is -2.11. The van der Waals surface area contributed by atoms with Gasteiger partial charge in [-0.2, -0.15) is 13.9 Å². The summed E-state index contributed by atoms with van der Waals surface area (Å²) in [5.74, 6) is 2.01. The summed E-state index contributed by atoms with van der Waals surface area (Å²) in [6, 6.07) is 34.4. The first-order chi connectivity index (χ1) is 28.0. The molecule has 8 heteroatoms. The molecule has 0 aliphatic carbocycles. The normalized spacial score (nSPS) is 12.9. The fourth-order valence-electron chi connectivity index (χ4n) is 7.65. The number of hydrogen-bond acceptors (Lipinski definition) is 7. The van der Waals surface area contributed by atoms with Gasteiger partial charge in [-0.25, -0.2) is 4.39 Å². The third kappa shape index (κ3) is 9.68. The molecule has 0 bridgehead atoms. The number of fused-ring (bicyclic) bond motifs is 2. The van der Waals surface area contributed by atoms with Crippen molar-refractivity contribution in [1.82, 2.24) is 8.75 Å². The van der Waals surface area contributed by atoms with E-state index >= 15 is 4.39 Å². The molecule has 0 aliphatic rings. The largest absolute Gasteiger partial charge is 0.493 e. The zero-order valence-electron chi connectivity index (χ0n) is 33.6. The van der Waals surface area contributed by atoms with Crippen molar-refractivity contribution in [2.75, 3.05) is 6.61 Å². The summed E-state index contributed by atoms with van der Waals surface area (Å²) < 4.78 is 31.3. The summed E-state index contributed by atoms with van der Waals surface area (Å²) in [6.07, 6.45) is 11.7. The first kappa shape index (κ1) is 40.4. The van der Waals surface area contributed by atoms with E-state index in [-0.39, 0.29) is 5.82 Å². The lowest BCUT2D eigenvalue weighted by atomic mass is 9.92. The Morgan fingerprint density at radius 1 is 0.649 bits per heavy atom. The highest BCUT2D eigenvalue weighted by Gasteiger charge is 2.17. The van der Waals surface area contributed by atoms with Gasteiger partial charge in [0, 0.05) is 37.2 Å². The number of unbranched alkanes of at least 4 members (excludes halogenated alkanes) is 2. The number of aromatic nitrogens is 2. The van der Waals surface area contributed by atoms with Crippen molar-refractivity contribution in [2.45, 2.75) is 91.9 Å². The Morgan fingerprint density at radius 3 is 2.04 bits per heavy atom. The van der Waals surface area contributed by atoms with E-state index in [1.165, 1.54) is 56.7 Å². The number of nitrogens with zero attached hydrogens (tertiary/aromatic N) is 4. The van der Waals surface area contributed by atoms with Crippen molar-refractivity contribution in [2.24, 2.45) is 22.1 Å². The van der Waals surface area contributed by atoms with Crippen LogP contribution in [0.1, 0.15) is 91.0 Å². The maximum absolute atomic E-state index is 15.5. The SMILES string of the molecule is CCCCC(CC)CCc1ccc(-c2ccc(-c3ccc(-c4ccc(/N=N/c5ccc(OCC(CC)CCCC)c6ccccc56)cc4)c4nsnc34)s2)c(F)c1. The van der Waals surface area contributed by atoms with Crippen LogP contribution < -0.4 is 4.74 Å². The Bertz CT molecular complexity index is 2420. The van der Waals surface area contributed by atoms with E-state index in [1.54, 1.807) is 17.4 Å². The molecule has 5 nitrogen and oxygen atoms in total. The van der Waals surface area contributed by atoms with Gasteiger partial charge in [0.1, 0.15) is 22.6 Å². The summed E-state index contributed by atoms with van der Waals surface area (Å²) in [5.41, 5.74) is 8.03. The van der Waals surface area contributed by atoms with Crippen LogP contribution in [0.25, 0.3) is 53.8 Å². The van der Waals surface area contributed by atoms with E-state index in [4.69, 9.17) is 13.5 Å². The second-order valence-electron chi connectivity index (χ2n) is 15.2. The molecule has 2 aromatic heterocycles. The molecule has 2 atom stereocenters. The molecule has 7 aromatic rings. The molecule has 0 fully saturated rings. The predicted molar refractivity (Wildman–Crippen MR) is 240 cm³/mol. The fraction of sp³-hybridized carbons (Fsp3) is 0.347. The van der Waals surface area contributed by atoms with Crippen molar-refractivity contribution in [1.29, 1.82) is 0 Å². The Hall–Kier alpha value is -4.79. The number of benzene rings is 5. The Balaban J connectivity index is 1.05. The first-order valence-electron chi connectivity index (χ1n) is 20.8. The second kappa shape index (κ2) is 19.6. The molecule has 0 saturated carbocycles. The molecule has 0 aliphatic heterocycles. The van der Waals surface area contributed by atoms with Gasteiger partial charge in [-0.15, -0.1) is 16.5 Å². The van der Waals surface area contributed by atoms with Gasteiger partial charge in [0.2, 0.25) is 0 Å². The molecule has 2 heterocycles. The number of ether oxygens (including phenoxy) is 1. The maximum Gasteiger partial charge on any atom is 0.132 e. The van der Waals surface area contributed by atoms with Gasteiger partial charge in [0.15, 0.2) is 0 Å². The lowest BCUT2D eigenvalue weighted by molar-refractivity contribution is 0.235. The van der Waals surface area contributed by atoms with Crippen LogP contribution in [0.4, 0.5) is 15.8 Å². The van der Waals surface area contributed by atoms with Crippen molar-refractivity contribution < 1.29 is 9.13 Å². The predicted octanol–water partition coefficient (Wildman–Crippen LogP) is 16.2. The third-order valence-corrected chi connectivity index (χ3v) is 13.0. The van der Waals surface area contributed by atoms with Crippen molar-refractivity contribution in [3.63, 3.8) is 0 Å². The number of hydrogen-bond donors (Lipinski definition) is 0. The molecule has 294 valence electrons. The summed E-state index contributed by atoms with van der Waals surface area (Å²) in [5, 5.41) is 11.4. The zero-order valence-corrected chi connectivity index (χ0v) is 35.3. The minimum absolute atomic E-state index is 0.157. The van der Waals surface area contributed by atoms with E-state index in [2.05, 4.69) is 86.5 Å². The Kier molecular flexibility index (Phi) is 13.9. The molecule has 7 rings (SSSR count). The highest BCUT2D eigenvalue weighted by atomic mass is 32.1. The topological polar surface area (TPSA) is 59.7 Å². The molecule has 2 unspecified atom stereocenters. The Labute approximate surface area is 345 Å². The molecule has 0 radical (unpaired) electrons. The van der Waals surface area contributed by atoms with Gasteiger partial charge >= 0.3 is 0 Å². The summed E-state index contributed by atoms with van der Waals surface area (Å²) >= 11 is 2.80. The molecule has 0 amide bonds. The number of azo groups is 1. The first-order valence-corrected chi connectivity index (χ1v) is 22.3. The molecular formula is C49H53FN4OS2. The van der Waals surface area contributed by atoms with Crippen LogP contribution in [0, 0.1) is 17.7 Å². The van der Waals surface area contributed by atoms with E-state index in [9.17, 15) is 0 Å². The molecule has 0 spiro atoms. The van der Waals surface area contributed by atoms with Crippen LogP contribution in [0.2, 0.25) is 0 Å². The standard InChI is InChI=1S/C49H53FN4OS2/c1-5-9-13-33(7-3)17-18-35-19-24-41(43(50)31-35)46-29-30-47(56-46)42-26-25-38(48-49(42)54-57-53-48)36-20-22-37(23-21-36)51-52-44-27-28-45(40-16-12-11-15-39(40)44)55-32-34(8-4)14-10-6-2/h11-12,15-16,19-31,33-34H,5-10,13-14,17-18,32H2,1-4H3/b52-51+. The van der Waals surface area contributed by atoms with Gasteiger partial charge in [0.05, 0.1) is 29.7 Å². The van der Waals surface area contributed by atoms with Crippen LogP contribution in [0.3, 0.4) is 0 Å². The van der Waals surface area contributed by atoms with Gasteiger partial charge in [-0.3, -0.25) is 0 Å². The highest BCUT2D eigenvalue weighted by Crippen LogP contribution is 2.41. The molecule has 0 N–H and O–H groups in total. The van der Waals surface area contributed by atoms with E-state index < -0.39 is 0 Å². The minimum Gasteiger partial charge on any atom is -0.493 e. The van der Waals surface area contributed by atoms with E-state index in [1.807, 2.05) is 48.5 Å². The summed E-state index contributed by atoms with van der Waals surface area (Å²) in [6.45, 7) is 9.72. The quantitative estimate of drug-likeness (QED) is 0.0766. The van der Waals surface area contributed by atoms with E-state index in [0.717, 1.165) is 96.8 Å². The van der Waals surface area contributed by atoms with Crippen molar-refractivity contribution >= 4 is 56.2 Å². The number of aryl methyl sites for hydroxylation is 1. The fourth-order valence-corrected chi connectivity index (χ4v) is 9.28. The number of thiophene rings is 1. The van der Waals surface area contributed by atoms with Gasteiger partial charge in [-0.1, -0.05) is 133 Å². The number of halogens is 1. The molecule has 5 aromatic carbocycles. The monoisotopic (exact) mass is 796 g/mol. The van der Waals surface area contributed by atoms with Crippen LogP contribution in [-0.4, -0.2) is 15.4 Å². The molecular weight excluding hydrogens is 744 g/mol. The minimum atomic E-state index is -0.157. The van der Waals surface area contributed by atoms with Crippen LogP contribution in [0.15, 0.2) is 113 Å². The van der Waals surface area contributed by atoms with Gasteiger partial charge in [-0.05, 0) is 84.7 Å². The molecule has 57 heavy (non-hydrogen) atoms. The third-order valence-electron chi connectivity index (χ3n) is 11.3. The van der Waals surface area contributed by atoms with Crippen LogP contribution in [0.5, 0.6) is 5.75 Å². The summed E-state index contributed by atoms with van der Waals surface area (Å²) in [4.78, 5) is 1.95. The summed E-state index contributed by atoms with van der Waals surface area (Å²) in [7, 11) is 0. The van der Waals surface area contributed by atoms with Crippen LogP contribution in [-0.2, 0) is 6.42 Å². The van der Waals surface area contributed by atoms with Crippen LogP contribution >= 0.6 is 23.1 Å². The zero-order chi connectivity index (χ0) is 39.6. The average Bonchev–Trinajstić information content (AvgIpc) is 3.95. The average molecular weight is 797 g/mol. The Morgan fingerprint density at radius 2 is 1.32 bits per heavy atom. The lowest BCUT2D eigenvalue weighted by Gasteiger charge is -2.17. The maximum atomic E-state index is 15.5. The van der Waals surface area contributed by atoms with Crippen molar-refractivity contribution in [3.05, 3.63) is 115 Å². The smallest absolute Gasteiger partial charge is 0.132 e. The molecule has 0 saturated heterocycles. The van der Waals surface area contributed by atoms with Crippen molar-refractivity contribution in [3.8, 4) is 37.8 Å². The number of rotatable bonds is 19. The van der Waals surface area contributed by atoms with Gasteiger partial charge < -0.3 is 4.74 Å².